The van der Waals surface area contributed by atoms with Gasteiger partial charge in [-0.05, 0) is 30.7 Å². The molecule has 156 valence electrons. The highest BCUT2D eigenvalue weighted by molar-refractivity contribution is 5.81. The van der Waals surface area contributed by atoms with Gasteiger partial charge in [-0.25, -0.2) is 4.98 Å². The number of aliphatic hydroxyl groups excluding tert-OH is 1. The first-order chi connectivity index (χ1) is 14.8. The Balaban J connectivity index is 1.37. The zero-order valence-electron chi connectivity index (χ0n) is 17.2. The minimum Gasteiger partial charge on any atom is -0.391 e. The first kappa shape index (κ1) is 19.4. The van der Waals surface area contributed by atoms with Crippen molar-refractivity contribution in [3.8, 4) is 0 Å². The van der Waals surface area contributed by atoms with E-state index in [2.05, 4.69) is 39.0 Å². The molecule has 0 radical (unpaired) electrons. The molecule has 6 heteroatoms. The Hall–Kier alpha value is -2.54. The highest BCUT2D eigenvalue weighted by Gasteiger charge is 2.32. The quantitative estimate of drug-likeness (QED) is 0.705. The van der Waals surface area contributed by atoms with Crippen LogP contribution >= 0.6 is 0 Å². The Morgan fingerprint density at radius 3 is 2.70 bits per heavy atom. The molecule has 0 unspecified atom stereocenters. The third-order valence-electron chi connectivity index (χ3n) is 6.16. The predicted molar refractivity (Wildman–Crippen MR) is 117 cm³/mol. The summed E-state index contributed by atoms with van der Waals surface area (Å²) in [5, 5.41) is 11.8. The van der Waals surface area contributed by atoms with Crippen LogP contribution in [-0.4, -0.2) is 65.5 Å². The van der Waals surface area contributed by atoms with Crippen molar-refractivity contribution in [3.05, 3.63) is 66.0 Å². The number of β-amino-alcohol motifs (C(OH)–C–C–N with tert-alkyl or cyclic N) is 1. The fourth-order valence-corrected chi connectivity index (χ4v) is 4.61. The maximum atomic E-state index is 10.7. The van der Waals surface area contributed by atoms with Gasteiger partial charge in [0.2, 0.25) is 0 Å². The third kappa shape index (κ3) is 4.17. The number of anilines is 1. The van der Waals surface area contributed by atoms with Gasteiger partial charge < -0.3 is 14.7 Å². The predicted octanol–water partition coefficient (Wildman–Crippen LogP) is 2.50. The van der Waals surface area contributed by atoms with Gasteiger partial charge in [0, 0.05) is 61.5 Å². The summed E-state index contributed by atoms with van der Waals surface area (Å²) in [6, 6.07) is 16.5. The molecule has 4 heterocycles. The summed E-state index contributed by atoms with van der Waals surface area (Å²) in [4.78, 5) is 14.1. The van der Waals surface area contributed by atoms with Gasteiger partial charge in [0.1, 0.15) is 5.82 Å². The lowest BCUT2D eigenvalue weighted by atomic mass is 10.00. The largest absolute Gasteiger partial charge is 0.391 e. The van der Waals surface area contributed by atoms with E-state index in [1.165, 1.54) is 5.56 Å². The number of likely N-dealkylation sites (tertiary alicyclic amines) is 1. The molecular formula is C24H28N4O2. The molecule has 2 aliphatic rings. The van der Waals surface area contributed by atoms with Gasteiger partial charge in [-0.15, -0.1) is 0 Å². The number of ether oxygens (including phenoxy) is 1. The first-order valence-electron chi connectivity index (χ1n) is 10.8. The van der Waals surface area contributed by atoms with Crippen LogP contribution in [0.5, 0.6) is 0 Å². The van der Waals surface area contributed by atoms with E-state index < -0.39 is 0 Å². The number of nitrogens with zero attached hydrogens (tertiary/aromatic N) is 4. The number of para-hydroxylation sites is 1. The zero-order chi connectivity index (χ0) is 20.3. The van der Waals surface area contributed by atoms with Crippen LogP contribution in [0.15, 0.2) is 54.7 Å². The fourth-order valence-electron chi connectivity index (χ4n) is 4.61. The molecule has 6 nitrogen and oxygen atoms in total. The van der Waals surface area contributed by atoms with Crippen LogP contribution in [0, 0.1) is 5.92 Å². The van der Waals surface area contributed by atoms with Gasteiger partial charge in [-0.2, -0.15) is 0 Å². The molecule has 1 N–H and O–H groups in total. The smallest absolute Gasteiger partial charge is 0.133 e. The Bertz CT molecular complexity index is 991. The lowest BCUT2D eigenvalue weighted by Crippen LogP contribution is -2.38. The summed E-state index contributed by atoms with van der Waals surface area (Å²) >= 11 is 0. The van der Waals surface area contributed by atoms with Crippen LogP contribution in [0.1, 0.15) is 11.3 Å². The van der Waals surface area contributed by atoms with E-state index in [4.69, 9.17) is 9.72 Å². The lowest BCUT2D eigenvalue weighted by Gasteiger charge is -2.30. The zero-order valence-corrected chi connectivity index (χ0v) is 17.2. The molecule has 5 rings (SSSR count). The van der Waals surface area contributed by atoms with Crippen molar-refractivity contribution in [1.82, 2.24) is 14.9 Å². The van der Waals surface area contributed by atoms with Crippen molar-refractivity contribution in [1.29, 1.82) is 0 Å². The molecule has 2 aromatic heterocycles. The van der Waals surface area contributed by atoms with Gasteiger partial charge >= 0.3 is 0 Å². The second kappa shape index (κ2) is 8.68. The van der Waals surface area contributed by atoms with Crippen LogP contribution in [0.2, 0.25) is 0 Å². The molecule has 2 fully saturated rings. The molecule has 0 saturated carbocycles. The third-order valence-corrected chi connectivity index (χ3v) is 6.16. The number of hydrogen-bond acceptors (Lipinski definition) is 6. The maximum Gasteiger partial charge on any atom is 0.133 e. The molecule has 30 heavy (non-hydrogen) atoms. The normalized spacial score (nSPS) is 22.6. The average Bonchev–Trinajstić information content (AvgIpc) is 3.13. The number of aliphatic hydroxyl groups is 1. The molecule has 0 aliphatic carbocycles. The van der Waals surface area contributed by atoms with Crippen LogP contribution in [0.3, 0.4) is 0 Å². The van der Waals surface area contributed by atoms with Crippen molar-refractivity contribution in [2.24, 2.45) is 5.92 Å². The van der Waals surface area contributed by atoms with E-state index in [1.807, 2.05) is 30.5 Å². The molecular weight excluding hydrogens is 376 g/mol. The number of benzene rings is 1. The van der Waals surface area contributed by atoms with E-state index in [0.29, 0.717) is 6.54 Å². The molecule has 2 aliphatic heterocycles. The van der Waals surface area contributed by atoms with Crippen molar-refractivity contribution >= 4 is 16.7 Å². The van der Waals surface area contributed by atoms with E-state index in [1.54, 1.807) is 0 Å². The Kier molecular flexibility index (Phi) is 5.62. The van der Waals surface area contributed by atoms with Crippen molar-refractivity contribution in [2.75, 3.05) is 44.3 Å². The monoisotopic (exact) mass is 404 g/mol. The van der Waals surface area contributed by atoms with Crippen LogP contribution in [0.25, 0.3) is 10.9 Å². The number of fused-ring (bicyclic) bond motifs is 1. The summed E-state index contributed by atoms with van der Waals surface area (Å²) in [6.07, 6.45) is 2.31. The lowest BCUT2D eigenvalue weighted by molar-refractivity contribution is 0.122. The number of aromatic nitrogens is 2. The van der Waals surface area contributed by atoms with E-state index in [9.17, 15) is 5.11 Å². The van der Waals surface area contributed by atoms with Gasteiger partial charge in [-0.1, -0.05) is 24.3 Å². The summed E-state index contributed by atoms with van der Waals surface area (Å²) in [5.74, 6) is 1.26. The Morgan fingerprint density at radius 1 is 1.03 bits per heavy atom. The molecule has 1 aromatic carbocycles. The molecule has 0 spiro atoms. The van der Waals surface area contributed by atoms with Crippen LogP contribution < -0.4 is 4.90 Å². The number of hydrogen-bond donors (Lipinski definition) is 1. The molecule has 2 saturated heterocycles. The average molecular weight is 405 g/mol. The number of pyridine rings is 2. The topological polar surface area (TPSA) is 61.7 Å². The fraction of sp³-hybridized carbons (Fsp3) is 0.417. The Labute approximate surface area is 177 Å². The van der Waals surface area contributed by atoms with E-state index in [-0.39, 0.29) is 12.0 Å². The second-order valence-electron chi connectivity index (χ2n) is 8.31. The number of morpholine rings is 1. The molecule has 3 aromatic rings. The SMILES string of the molecule is O[C@@H]1CN(Cc2cc3ccccc3nc2N2CCOCC2)C[C@H]1Cc1ccccn1. The van der Waals surface area contributed by atoms with Crippen molar-refractivity contribution in [2.45, 2.75) is 19.1 Å². The summed E-state index contributed by atoms with van der Waals surface area (Å²) in [5.41, 5.74) is 3.29. The molecule has 0 bridgehead atoms. The van der Waals surface area contributed by atoms with Gasteiger partial charge in [0.05, 0.1) is 24.8 Å². The summed E-state index contributed by atoms with van der Waals surface area (Å²) in [6.45, 7) is 5.55. The van der Waals surface area contributed by atoms with E-state index in [0.717, 1.165) is 68.2 Å². The maximum absolute atomic E-state index is 10.7. The molecule has 2 atom stereocenters. The van der Waals surface area contributed by atoms with Crippen molar-refractivity contribution < 1.29 is 9.84 Å². The first-order valence-corrected chi connectivity index (χ1v) is 10.8. The second-order valence-corrected chi connectivity index (χ2v) is 8.31. The summed E-state index contributed by atoms with van der Waals surface area (Å²) < 4.78 is 5.55. The standard InChI is InChI=1S/C24H28N4O2/c29-23-17-27(15-19(23)14-21-6-3-4-8-25-21)16-20-13-18-5-1-2-7-22(18)26-24(20)28-9-11-30-12-10-28/h1-8,13,19,23,29H,9-12,14-17H2/t19-,23-/m1/s1. The van der Waals surface area contributed by atoms with Gasteiger partial charge in [0.25, 0.3) is 0 Å². The van der Waals surface area contributed by atoms with Crippen molar-refractivity contribution in [3.63, 3.8) is 0 Å². The minimum absolute atomic E-state index is 0.208. The molecule has 0 amide bonds. The highest BCUT2D eigenvalue weighted by atomic mass is 16.5. The van der Waals surface area contributed by atoms with Crippen LogP contribution in [0.4, 0.5) is 5.82 Å². The minimum atomic E-state index is -0.327. The van der Waals surface area contributed by atoms with E-state index >= 15 is 0 Å². The number of rotatable bonds is 5. The highest BCUT2D eigenvalue weighted by Crippen LogP contribution is 2.28. The van der Waals surface area contributed by atoms with Crippen LogP contribution in [-0.2, 0) is 17.7 Å². The summed E-state index contributed by atoms with van der Waals surface area (Å²) in [7, 11) is 0. The Morgan fingerprint density at radius 2 is 1.87 bits per heavy atom. The van der Waals surface area contributed by atoms with Gasteiger partial charge in [0.15, 0.2) is 0 Å². The van der Waals surface area contributed by atoms with Gasteiger partial charge in [-0.3, -0.25) is 9.88 Å².